The number of carbonyl (C=O) groups excluding carboxylic acids is 2. The summed E-state index contributed by atoms with van der Waals surface area (Å²) in [7, 11) is 0. The molecule has 2 amide bonds. The molecule has 160 valence electrons. The van der Waals surface area contributed by atoms with E-state index in [4.69, 9.17) is 4.74 Å². The maximum atomic E-state index is 12.7. The summed E-state index contributed by atoms with van der Waals surface area (Å²) in [6.07, 6.45) is 4.52. The third-order valence-corrected chi connectivity index (χ3v) is 5.46. The molecule has 0 aliphatic carbocycles. The maximum Gasteiger partial charge on any atom is 0.262 e. The molecule has 0 spiro atoms. The molecular formula is C25H32N2O3. The van der Waals surface area contributed by atoms with E-state index in [0.717, 1.165) is 42.8 Å². The molecule has 1 saturated heterocycles. The second kappa shape index (κ2) is 10.3. The predicted molar refractivity (Wildman–Crippen MR) is 120 cm³/mol. The van der Waals surface area contributed by atoms with Crippen molar-refractivity contribution in [3.63, 3.8) is 0 Å². The average molecular weight is 409 g/mol. The van der Waals surface area contributed by atoms with Gasteiger partial charge in [-0.25, -0.2) is 0 Å². The first-order valence-corrected chi connectivity index (χ1v) is 10.9. The number of nitrogens with zero attached hydrogens (tertiary/aromatic N) is 1. The zero-order valence-corrected chi connectivity index (χ0v) is 18.2. The number of amides is 2. The van der Waals surface area contributed by atoms with E-state index in [1.54, 1.807) is 24.3 Å². The van der Waals surface area contributed by atoms with Crippen molar-refractivity contribution >= 4 is 17.5 Å². The molecule has 2 aromatic carbocycles. The Hall–Kier alpha value is -2.82. The Balaban J connectivity index is 1.56. The summed E-state index contributed by atoms with van der Waals surface area (Å²) >= 11 is 0. The lowest BCUT2D eigenvalue weighted by molar-refractivity contribution is -0.118. The van der Waals surface area contributed by atoms with Gasteiger partial charge in [-0.05, 0) is 67.1 Å². The Morgan fingerprint density at radius 3 is 2.30 bits per heavy atom. The number of rotatable bonds is 6. The molecular weight excluding hydrogens is 376 g/mol. The highest BCUT2D eigenvalue weighted by molar-refractivity contribution is 5.96. The lowest BCUT2D eigenvalue weighted by Crippen LogP contribution is -2.31. The summed E-state index contributed by atoms with van der Waals surface area (Å²) in [4.78, 5) is 27.0. The number of aryl methyl sites for hydroxylation is 1. The van der Waals surface area contributed by atoms with Gasteiger partial charge in [0.1, 0.15) is 5.75 Å². The van der Waals surface area contributed by atoms with E-state index in [9.17, 15) is 9.59 Å². The number of carbonyl (C=O) groups is 2. The van der Waals surface area contributed by atoms with Crippen LogP contribution in [0.3, 0.4) is 0 Å². The van der Waals surface area contributed by atoms with Gasteiger partial charge in [0.05, 0.1) is 0 Å². The van der Waals surface area contributed by atoms with Crippen LogP contribution in [0.25, 0.3) is 0 Å². The van der Waals surface area contributed by atoms with Crippen LogP contribution in [0.5, 0.6) is 5.75 Å². The van der Waals surface area contributed by atoms with Crippen molar-refractivity contribution in [3.8, 4) is 5.75 Å². The van der Waals surface area contributed by atoms with E-state index in [-0.39, 0.29) is 18.4 Å². The second-order valence-corrected chi connectivity index (χ2v) is 8.32. The Kier molecular flexibility index (Phi) is 7.50. The number of hydrogen-bond donors (Lipinski definition) is 1. The van der Waals surface area contributed by atoms with Crippen LogP contribution >= 0.6 is 0 Å². The molecule has 0 atom stereocenters. The fourth-order valence-electron chi connectivity index (χ4n) is 3.74. The number of benzene rings is 2. The molecule has 0 unspecified atom stereocenters. The van der Waals surface area contributed by atoms with Crippen molar-refractivity contribution in [3.05, 3.63) is 59.2 Å². The first kappa shape index (κ1) is 21.9. The van der Waals surface area contributed by atoms with Gasteiger partial charge in [-0.15, -0.1) is 0 Å². The van der Waals surface area contributed by atoms with Crippen LogP contribution in [-0.2, 0) is 4.79 Å². The molecule has 2 aromatic rings. The Labute approximate surface area is 179 Å². The molecule has 0 bridgehead atoms. The van der Waals surface area contributed by atoms with Gasteiger partial charge in [0.25, 0.3) is 11.8 Å². The van der Waals surface area contributed by atoms with E-state index < -0.39 is 0 Å². The largest absolute Gasteiger partial charge is 0.483 e. The third-order valence-electron chi connectivity index (χ3n) is 5.46. The molecule has 5 heteroatoms. The van der Waals surface area contributed by atoms with Crippen LogP contribution in [0.1, 0.15) is 66.9 Å². The molecule has 5 nitrogen and oxygen atoms in total. The first-order chi connectivity index (χ1) is 14.4. The fourth-order valence-corrected chi connectivity index (χ4v) is 3.74. The van der Waals surface area contributed by atoms with Crippen molar-refractivity contribution in [2.75, 3.05) is 25.0 Å². The number of anilines is 1. The van der Waals surface area contributed by atoms with Gasteiger partial charge < -0.3 is 15.0 Å². The molecule has 1 aliphatic rings. The van der Waals surface area contributed by atoms with Crippen molar-refractivity contribution in [1.29, 1.82) is 0 Å². The zero-order valence-electron chi connectivity index (χ0n) is 18.2. The highest BCUT2D eigenvalue weighted by atomic mass is 16.5. The monoisotopic (exact) mass is 408 g/mol. The Bertz CT molecular complexity index is 866. The lowest BCUT2D eigenvalue weighted by Gasteiger charge is -2.20. The molecule has 0 saturated carbocycles. The molecule has 30 heavy (non-hydrogen) atoms. The molecule has 3 rings (SSSR count). The summed E-state index contributed by atoms with van der Waals surface area (Å²) in [6, 6.07) is 13.2. The van der Waals surface area contributed by atoms with Crippen molar-refractivity contribution in [2.24, 2.45) is 0 Å². The summed E-state index contributed by atoms with van der Waals surface area (Å²) in [5.74, 6) is 0.910. The van der Waals surface area contributed by atoms with Crippen LogP contribution in [-0.4, -0.2) is 36.4 Å². The van der Waals surface area contributed by atoms with Crippen LogP contribution < -0.4 is 10.1 Å². The first-order valence-electron chi connectivity index (χ1n) is 10.9. The van der Waals surface area contributed by atoms with Gasteiger partial charge >= 0.3 is 0 Å². The quantitative estimate of drug-likeness (QED) is 0.719. The fraction of sp³-hybridized carbons (Fsp3) is 0.440. The zero-order chi connectivity index (χ0) is 21.5. The number of nitrogens with one attached hydrogen (secondary N) is 1. The Morgan fingerprint density at radius 2 is 1.67 bits per heavy atom. The Morgan fingerprint density at radius 1 is 1.00 bits per heavy atom. The molecule has 0 aromatic heterocycles. The van der Waals surface area contributed by atoms with Gasteiger partial charge in [0.2, 0.25) is 0 Å². The minimum Gasteiger partial charge on any atom is -0.483 e. The van der Waals surface area contributed by atoms with Gasteiger partial charge in [-0.1, -0.05) is 38.8 Å². The SMILES string of the molecule is Cc1ccc(C(C)C)c(OCC(=O)Nc2ccc(C(=O)N3CCCCCC3)cc2)c1. The second-order valence-electron chi connectivity index (χ2n) is 8.32. The number of likely N-dealkylation sites (tertiary alicyclic amines) is 1. The van der Waals surface area contributed by atoms with E-state index in [1.807, 2.05) is 24.0 Å². The standard InChI is InChI=1S/C25H32N2O3/c1-18(2)22-13-8-19(3)16-23(22)30-17-24(28)26-21-11-9-20(10-12-21)25(29)27-14-6-4-5-7-15-27/h8-13,16,18H,4-7,14-15,17H2,1-3H3,(H,26,28). The smallest absolute Gasteiger partial charge is 0.262 e. The minimum absolute atomic E-state index is 0.0579. The molecule has 1 heterocycles. The van der Waals surface area contributed by atoms with Gasteiger partial charge in [0.15, 0.2) is 6.61 Å². The van der Waals surface area contributed by atoms with E-state index >= 15 is 0 Å². The van der Waals surface area contributed by atoms with Crippen LogP contribution in [0.2, 0.25) is 0 Å². The van der Waals surface area contributed by atoms with Crippen LogP contribution in [0.15, 0.2) is 42.5 Å². The molecule has 1 N–H and O–H groups in total. The summed E-state index contributed by atoms with van der Waals surface area (Å²) in [6.45, 7) is 7.80. The molecule has 1 fully saturated rings. The summed E-state index contributed by atoms with van der Waals surface area (Å²) in [5, 5.41) is 2.84. The molecule has 0 radical (unpaired) electrons. The summed E-state index contributed by atoms with van der Waals surface area (Å²) in [5.41, 5.74) is 3.50. The average Bonchev–Trinajstić information content (AvgIpc) is 3.02. The maximum absolute atomic E-state index is 12.7. The number of ether oxygens (including phenoxy) is 1. The minimum atomic E-state index is -0.224. The number of hydrogen-bond acceptors (Lipinski definition) is 3. The normalized spacial score (nSPS) is 14.3. The van der Waals surface area contributed by atoms with E-state index in [2.05, 4.69) is 25.2 Å². The van der Waals surface area contributed by atoms with Gasteiger partial charge in [-0.2, -0.15) is 0 Å². The highest BCUT2D eigenvalue weighted by Crippen LogP contribution is 2.27. The van der Waals surface area contributed by atoms with Crippen molar-refractivity contribution in [1.82, 2.24) is 4.90 Å². The van der Waals surface area contributed by atoms with Crippen LogP contribution in [0.4, 0.5) is 5.69 Å². The van der Waals surface area contributed by atoms with Crippen LogP contribution in [0, 0.1) is 6.92 Å². The van der Waals surface area contributed by atoms with E-state index in [1.165, 1.54) is 12.8 Å². The topological polar surface area (TPSA) is 58.6 Å². The molecule has 1 aliphatic heterocycles. The van der Waals surface area contributed by atoms with E-state index in [0.29, 0.717) is 17.2 Å². The highest BCUT2D eigenvalue weighted by Gasteiger charge is 2.17. The predicted octanol–water partition coefficient (Wildman–Crippen LogP) is 5.15. The lowest BCUT2D eigenvalue weighted by atomic mass is 10.0. The van der Waals surface area contributed by atoms with Crippen molar-refractivity contribution in [2.45, 2.75) is 52.4 Å². The third kappa shape index (κ3) is 5.85. The van der Waals surface area contributed by atoms with Gasteiger partial charge in [-0.3, -0.25) is 9.59 Å². The van der Waals surface area contributed by atoms with Crippen molar-refractivity contribution < 1.29 is 14.3 Å². The van der Waals surface area contributed by atoms with Gasteiger partial charge in [0, 0.05) is 24.3 Å². The summed E-state index contributed by atoms with van der Waals surface area (Å²) < 4.78 is 5.79.